The van der Waals surface area contributed by atoms with Gasteiger partial charge in [-0.05, 0) is 52.0 Å². The van der Waals surface area contributed by atoms with E-state index in [-0.39, 0.29) is 5.97 Å². The minimum absolute atomic E-state index is 0.0773. The number of ether oxygens (including phenoxy) is 1. The van der Waals surface area contributed by atoms with E-state index >= 15 is 0 Å². The van der Waals surface area contributed by atoms with Crippen LogP contribution in [0.1, 0.15) is 39.5 Å². The highest BCUT2D eigenvalue weighted by Crippen LogP contribution is 2.31. The molecule has 1 N–H and O–H groups in total. The molecule has 1 saturated carbocycles. The van der Waals surface area contributed by atoms with Crippen LogP contribution in [0, 0.1) is 5.92 Å². The molecular formula is C14H26N2O2. The molecule has 2 fully saturated rings. The summed E-state index contributed by atoms with van der Waals surface area (Å²) in [7, 11) is 1.50. The number of likely N-dealkylation sites (tertiary alicyclic amines) is 1. The summed E-state index contributed by atoms with van der Waals surface area (Å²) < 4.78 is 5.02. The van der Waals surface area contributed by atoms with Crippen molar-refractivity contribution in [2.24, 2.45) is 5.92 Å². The maximum absolute atomic E-state index is 12.1. The van der Waals surface area contributed by atoms with Crippen LogP contribution in [0.4, 0.5) is 0 Å². The fourth-order valence-electron chi connectivity index (χ4n) is 2.73. The summed E-state index contributed by atoms with van der Waals surface area (Å²) >= 11 is 0. The lowest BCUT2D eigenvalue weighted by atomic mass is 9.86. The standard InChI is InChI=1S/C14H26N2O2/c1-11(2)16-8-6-14(7-9-16,13(17)18-3)15-10-12-4-5-12/h11-12,15H,4-10H2,1-3H3. The molecule has 4 heteroatoms. The second-order valence-electron chi connectivity index (χ2n) is 6.03. The zero-order valence-corrected chi connectivity index (χ0v) is 11.9. The summed E-state index contributed by atoms with van der Waals surface area (Å²) in [6.07, 6.45) is 4.35. The average Bonchev–Trinajstić information content (AvgIpc) is 3.19. The topological polar surface area (TPSA) is 41.6 Å². The van der Waals surface area contributed by atoms with Crippen molar-refractivity contribution in [1.82, 2.24) is 10.2 Å². The second kappa shape index (κ2) is 5.57. The molecule has 0 amide bonds. The maximum atomic E-state index is 12.1. The molecule has 0 aromatic heterocycles. The molecule has 4 nitrogen and oxygen atoms in total. The highest BCUT2D eigenvalue weighted by molar-refractivity contribution is 5.81. The molecule has 0 aromatic rings. The molecule has 1 aliphatic heterocycles. The molecule has 0 aromatic carbocycles. The Balaban J connectivity index is 1.95. The molecule has 1 saturated heterocycles. The van der Waals surface area contributed by atoms with Crippen molar-refractivity contribution in [3.8, 4) is 0 Å². The van der Waals surface area contributed by atoms with Crippen molar-refractivity contribution >= 4 is 5.97 Å². The summed E-state index contributed by atoms with van der Waals surface area (Å²) in [5.74, 6) is 0.709. The first-order chi connectivity index (χ1) is 8.57. The maximum Gasteiger partial charge on any atom is 0.326 e. The van der Waals surface area contributed by atoms with Crippen LogP contribution in [0.3, 0.4) is 0 Å². The number of nitrogens with one attached hydrogen (secondary N) is 1. The van der Waals surface area contributed by atoms with E-state index in [9.17, 15) is 4.79 Å². The largest absolute Gasteiger partial charge is 0.468 e. The first-order valence-electron chi connectivity index (χ1n) is 7.15. The lowest BCUT2D eigenvalue weighted by molar-refractivity contribution is -0.151. The lowest BCUT2D eigenvalue weighted by Crippen LogP contribution is -2.60. The Hall–Kier alpha value is -0.610. The average molecular weight is 254 g/mol. The molecule has 18 heavy (non-hydrogen) atoms. The van der Waals surface area contributed by atoms with Crippen molar-refractivity contribution in [2.45, 2.75) is 51.1 Å². The predicted molar refractivity (Wildman–Crippen MR) is 71.4 cm³/mol. The Morgan fingerprint density at radius 1 is 1.39 bits per heavy atom. The van der Waals surface area contributed by atoms with Crippen molar-refractivity contribution in [3.63, 3.8) is 0 Å². The van der Waals surface area contributed by atoms with E-state index in [2.05, 4.69) is 24.1 Å². The van der Waals surface area contributed by atoms with E-state index in [0.717, 1.165) is 38.4 Å². The van der Waals surface area contributed by atoms with Gasteiger partial charge in [0.2, 0.25) is 0 Å². The number of piperidine rings is 1. The van der Waals surface area contributed by atoms with Crippen LogP contribution in [0.25, 0.3) is 0 Å². The lowest BCUT2D eigenvalue weighted by Gasteiger charge is -2.41. The Bertz CT molecular complexity index is 292. The first kappa shape index (κ1) is 13.8. The summed E-state index contributed by atoms with van der Waals surface area (Å²) in [5.41, 5.74) is -0.428. The summed E-state index contributed by atoms with van der Waals surface area (Å²) in [4.78, 5) is 14.5. The summed E-state index contributed by atoms with van der Waals surface area (Å²) in [5, 5.41) is 3.51. The van der Waals surface area contributed by atoms with Gasteiger partial charge in [0.15, 0.2) is 0 Å². The zero-order valence-electron chi connectivity index (χ0n) is 11.9. The number of hydrogen-bond donors (Lipinski definition) is 1. The molecule has 2 rings (SSSR count). The third-order valence-electron chi connectivity index (χ3n) is 4.38. The van der Waals surface area contributed by atoms with Gasteiger partial charge in [-0.15, -0.1) is 0 Å². The SMILES string of the molecule is COC(=O)C1(NCC2CC2)CCN(C(C)C)CC1. The Morgan fingerprint density at radius 3 is 2.44 bits per heavy atom. The highest BCUT2D eigenvalue weighted by Gasteiger charge is 2.43. The van der Waals surface area contributed by atoms with Crippen LogP contribution >= 0.6 is 0 Å². The number of methoxy groups -OCH3 is 1. The van der Waals surface area contributed by atoms with Crippen LogP contribution in [0.5, 0.6) is 0 Å². The van der Waals surface area contributed by atoms with Gasteiger partial charge in [-0.25, -0.2) is 0 Å². The molecule has 1 aliphatic carbocycles. The van der Waals surface area contributed by atoms with Crippen molar-refractivity contribution in [3.05, 3.63) is 0 Å². The van der Waals surface area contributed by atoms with Gasteiger partial charge >= 0.3 is 5.97 Å². The smallest absolute Gasteiger partial charge is 0.326 e. The molecular weight excluding hydrogens is 228 g/mol. The number of nitrogens with zero attached hydrogens (tertiary/aromatic N) is 1. The number of esters is 1. The van der Waals surface area contributed by atoms with E-state index in [1.807, 2.05) is 0 Å². The minimum atomic E-state index is -0.428. The van der Waals surface area contributed by atoms with Crippen molar-refractivity contribution in [1.29, 1.82) is 0 Å². The van der Waals surface area contributed by atoms with Crippen LogP contribution in [-0.4, -0.2) is 49.2 Å². The van der Waals surface area contributed by atoms with E-state index in [1.165, 1.54) is 20.0 Å². The number of hydrogen-bond acceptors (Lipinski definition) is 4. The Labute approximate surface area is 110 Å². The monoisotopic (exact) mass is 254 g/mol. The second-order valence-corrected chi connectivity index (χ2v) is 6.03. The molecule has 1 heterocycles. The van der Waals surface area contributed by atoms with E-state index in [4.69, 9.17) is 4.74 Å². The molecule has 104 valence electrons. The fourth-order valence-corrected chi connectivity index (χ4v) is 2.73. The summed E-state index contributed by atoms with van der Waals surface area (Å²) in [6.45, 7) is 7.34. The normalized spacial score (nSPS) is 24.2. The van der Waals surface area contributed by atoms with E-state index in [1.54, 1.807) is 0 Å². The van der Waals surface area contributed by atoms with Crippen molar-refractivity contribution < 1.29 is 9.53 Å². The van der Waals surface area contributed by atoms with Gasteiger partial charge in [-0.1, -0.05) is 0 Å². The fraction of sp³-hybridized carbons (Fsp3) is 0.929. The Kier molecular flexibility index (Phi) is 4.28. The molecule has 0 unspecified atom stereocenters. The van der Waals surface area contributed by atoms with Crippen LogP contribution in [0.2, 0.25) is 0 Å². The third-order valence-corrected chi connectivity index (χ3v) is 4.38. The van der Waals surface area contributed by atoms with Gasteiger partial charge in [0.05, 0.1) is 7.11 Å². The number of carbonyl (C=O) groups is 1. The van der Waals surface area contributed by atoms with Gasteiger partial charge in [-0.2, -0.15) is 0 Å². The Morgan fingerprint density at radius 2 is 2.00 bits per heavy atom. The van der Waals surface area contributed by atoms with Gasteiger partial charge in [0, 0.05) is 19.1 Å². The number of rotatable bonds is 5. The van der Waals surface area contributed by atoms with Gasteiger partial charge in [-0.3, -0.25) is 4.79 Å². The summed E-state index contributed by atoms with van der Waals surface area (Å²) in [6, 6.07) is 0.559. The molecule has 0 spiro atoms. The molecule has 0 bridgehead atoms. The minimum Gasteiger partial charge on any atom is -0.468 e. The number of carbonyl (C=O) groups excluding carboxylic acids is 1. The van der Waals surface area contributed by atoms with Crippen LogP contribution < -0.4 is 5.32 Å². The zero-order chi connectivity index (χ0) is 13.2. The molecule has 0 atom stereocenters. The van der Waals surface area contributed by atoms with Gasteiger partial charge in [0.1, 0.15) is 5.54 Å². The molecule has 2 aliphatic rings. The van der Waals surface area contributed by atoms with Crippen molar-refractivity contribution in [2.75, 3.05) is 26.7 Å². The van der Waals surface area contributed by atoms with Gasteiger partial charge < -0.3 is 15.0 Å². The molecule has 0 radical (unpaired) electrons. The van der Waals surface area contributed by atoms with E-state index in [0.29, 0.717) is 6.04 Å². The van der Waals surface area contributed by atoms with Crippen LogP contribution in [-0.2, 0) is 9.53 Å². The third kappa shape index (κ3) is 3.04. The first-order valence-corrected chi connectivity index (χ1v) is 7.15. The predicted octanol–water partition coefficient (Wildman–Crippen LogP) is 1.40. The quantitative estimate of drug-likeness (QED) is 0.753. The highest BCUT2D eigenvalue weighted by atomic mass is 16.5. The van der Waals surface area contributed by atoms with Crippen LogP contribution in [0.15, 0.2) is 0 Å². The van der Waals surface area contributed by atoms with Gasteiger partial charge in [0.25, 0.3) is 0 Å². The van der Waals surface area contributed by atoms with E-state index < -0.39 is 5.54 Å².